The zero-order valence-electron chi connectivity index (χ0n) is 8.23. The van der Waals surface area contributed by atoms with Crippen LogP contribution >= 0.6 is 0 Å². The molecule has 0 saturated carbocycles. The van der Waals surface area contributed by atoms with E-state index in [0.29, 0.717) is 0 Å². The van der Waals surface area contributed by atoms with Gasteiger partial charge >= 0.3 is 0 Å². The quantitative estimate of drug-likeness (QED) is 0.525. The van der Waals surface area contributed by atoms with Crippen molar-refractivity contribution < 1.29 is 0 Å². The first-order valence-electron chi connectivity index (χ1n) is 4.64. The summed E-state index contributed by atoms with van der Waals surface area (Å²) in [4.78, 5) is 0. The largest absolute Gasteiger partial charge is 0.341 e. The molecule has 3 nitrogen and oxygen atoms in total. The molecule has 0 radical (unpaired) electrons. The summed E-state index contributed by atoms with van der Waals surface area (Å²) in [6, 6.07) is 8.35. The van der Waals surface area contributed by atoms with Gasteiger partial charge in [-0.25, -0.2) is 0 Å². The zero-order valence-corrected chi connectivity index (χ0v) is 8.23. The van der Waals surface area contributed by atoms with Gasteiger partial charge in [-0.2, -0.15) is 5.10 Å². The van der Waals surface area contributed by atoms with Gasteiger partial charge in [0.05, 0.1) is 11.0 Å². The molecule has 0 N–H and O–H groups in total. The van der Waals surface area contributed by atoms with Crippen molar-refractivity contribution in [3.63, 3.8) is 0 Å². The summed E-state index contributed by atoms with van der Waals surface area (Å²) in [7, 11) is 4.03. The highest BCUT2D eigenvalue weighted by Crippen LogP contribution is 2.25. The molecular formula is C11H11N3. The van der Waals surface area contributed by atoms with E-state index in [1.54, 1.807) is 0 Å². The van der Waals surface area contributed by atoms with E-state index in [4.69, 9.17) is 0 Å². The van der Waals surface area contributed by atoms with Crippen LogP contribution in [-0.4, -0.2) is 14.3 Å². The Morgan fingerprint density at radius 2 is 1.86 bits per heavy atom. The Morgan fingerprint density at radius 1 is 1.07 bits per heavy atom. The smallest absolute Gasteiger partial charge is 0.118 e. The first-order valence-corrected chi connectivity index (χ1v) is 4.64. The molecule has 3 rings (SSSR count). The van der Waals surface area contributed by atoms with Crippen molar-refractivity contribution in [3.05, 3.63) is 30.5 Å². The van der Waals surface area contributed by atoms with Gasteiger partial charge < -0.3 is 4.57 Å². The molecule has 3 aromatic rings. The Kier molecular flexibility index (Phi) is 1.29. The van der Waals surface area contributed by atoms with Crippen LogP contribution in [0, 0.1) is 0 Å². The minimum atomic E-state index is 1.09. The minimum Gasteiger partial charge on any atom is -0.341 e. The van der Waals surface area contributed by atoms with E-state index in [-0.39, 0.29) is 0 Å². The molecule has 0 aliphatic heterocycles. The Hall–Kier alpha value is -1.77. The first-order chi connectivity index (χ1) is 6.77. The van der Waals surface area contributed by atoms with E-state index < -0.39 is 0 Å². The lowest BCUT2D eigenvalue weighted by Gasteiger charge is -1.95. The normalized spacial score (nSPS) is 11.6. The zero-order chi connectivity index (χ0) is 9.71. The van der Waals surface area contributed by atoms with Crippen LogP contribution in [0.15, 0.2) is 30.5 Å². The molecule has 0 saturated heterocycles. The van der Waals surface area contributed by atoms with Crippen LogP contribution in [0.1, 0.15) is 0 Å². The number of hydrogen-bond acceptors (Lipinski definition) is 1. The van der Waals surface area contributed by atoms with Crippen LogP contribution in [0.4, 0.5) is 0 Å². The highest BCUT2D eigenvalue weighted by Gasteiger charge is 2.09. The van der Waals surface area contributed by atoms with Crippen molar-refractivity contribution >= 4 is 21.9 Å². The van der Waals surface area contributed by atoms with E-state index >= 15 is 0 Å². The predicted octanol–water partition coefficient (Wildman–Crippen LogP) is 2.06. The molecule has 2 heterocycles. The van der Waals surface area contributed by atoms with Crippen LogP contribution in [0.25, 0.3) is 21.9 Å². The molecule has 0 amide bonds. The third-order valence-corrected chi connectivity index (χ3v) is 2.69. The molecular weight excluding hydrogens is 174 g/mol. The van der Waals surface area contributed by atoms with Crippen molar-refractivity contribution in [3.8, 4) is 0 Å². The van der Waals surface area contributed by atoms with E-state index in [9.17, 15) is 0 Å². The number of hydrogen-bond donors (Lipinski definition) is 0. The second-order valence-electron chi connectivity index (χ2n) is 3.61. The number of nitrogens with zero attached hydrogens (tertiary/aromatic N) is 3. The molecule has 0 aliphatic rings. The standard InChI is InChI=1S/C11H11N3/c1-13-7-10-11(12-13)8-5-3-4-6-9(8)14(10)2/h3-7H,1-2H3. The molecule has 0 fully saturated rings. The number of rotatable bonds is 0. The topological polar surface area (TPSA) is 22.8 Å². The van der Waals surface area contributed by atoms with Gasteiger partial charge in [-0.3, -0.25) is 4.68 Å². The molecule has 0 atom stereocenters. The monoisotopic (exact) mass is 185 g/mol. The van der Waals surface area contributed by atoms with Crippen LogP contribution in [0.3, 0.4) is 0 Å². The van der Waals surface area contributed by atoms with Crippen LogP contribution in [0.5, 0.6) is 0 Å². The summed E-state index contributed by atoms with van der Waals surface area (Å²) < 4.78 is 4.04. The fourth-order valence-corrected chi connectivity index (χ4v) is 2.01. The second-order valence-corrected chi connectivity index (χ2v) is 3.61. The van der Waals surface area contributed by atoms with E-state index in [1.807, 2.05) is 11.7 Å². The third-order valence-electron chi connectivity index (χ3n) is 2.69. The van der Waals surface area contributed by atoms with Crippen molar-refractivity contribution in [2.75, 3.05) is 0 Å². The van der Waals surface area contributed by atoms with Crippen molar-refractivity contribution in [1.29, 1.82) is 0 Å². The second kappa shape index (κ2) is 2.38. The SMILES string of the molecule is Cn1cc2c(n1)c1ccccc1n2C. The Labute approximate surface area is 81.6 Å². The maximum atomic E-state index is 4.46. The Bertz CT molecular complexity index is 616. The first kappa shape index (κ1) is 7.62. The summed E-state index contributed by atoms with van der Waals surface area (Å²) >= 11 is 0. The summed E-state index contributed by atoms with van der Waals surface area (Å²) in [5, 5.41) is 5.69. The van der Waals surface area contributed by atoms with Gasteiger partial charge in [-0.05, 0) is 6.07 Å². The Balaban J connectivity index is 2.65. The molecule has 0 bridgehead atoms. The van der Waals surface area contributed by atoms with Crippen LogP contribution in [-0.2, 0) is 14.1 Å². The van der Waals surface area contributed by atoms with Gasteiger partial charge in [-0.1, -0.05) is 18.2 Å². The molecule has 0 aliphatic carbocycles. The lowest BCUT2D eigenvalue weighted by Crippen LogP contribution is -1.88. The van der Waals surface area contributed by atoms with Crippen molar-refractivity contribution in [2.45, 2.75) is 0 Å². The summed E-state index contributed by atoms with van der Waals surface area (Å²) in [6.45, 7) is 0. The summed E-state index contributed by atoms with van der Waals surface area (Å²) in [5.74, 6) is 0. The lowest BCUT2D eigenvalue weighted by molar-refractivity contribution is 0.778. The highest BCUT2D eigenvalue weighted by molar-refractivity contribution is 6.05. The Morgan fingerprint density at radius 3 is 2.71 bits per heavy atom. The number of fused-ring (bicyclic) bond motifs is 3. The van der Waals surface area contributed by atoms with Crippen molar-refractivity contribution in [2.24, 2.45) is 14.1 Å². The van der Waals surface area contributed by atoms with Gasteiger partial charge in [0.2, 0.25) is 0 Å². The fourth-order valence-electron chi connectivity index (χ4n) is 2.01. The molecule has 1 aromatic carbocycles. The maximum Gasteiger partial charge on any atom is 0.118 e. The number of aromatic nitrogens is 3. The van der Waals surface area contributed by atoms with E-state index in [1.165, 1.54) is 16.4 Å². The van der Waals surface area contributed by atoms with Crippen LogP contribution in [0.2, 0.25) is 0 Å². The van der Waals surface area contributed by atoms with Gasteiger partial charge in [0.15, 0.2) is 0 Å². The molecule has 2 aromatic heterocycles. The minimum absolute atomic E-state index is 1.09. The maximum absolute atomic E-state index is 4.46. The van der Waals surface area contributed by atoms with Gasteiger partial charge in [0, 0.05) is 25.7 Å². The van der Waals surface area contributed by atoms with Crippen molar-refractivity contribution in [1.82, 2.24) is 14.3 Å². The average molecular weight is 185 g/mol. The number of para-hydroxylation sites is 1. The van der Waals surface area contributed by atoms with E-state index in [0.717, 1.165) is 5.52 Å². The molecule has 14 heavy (non-hydrogen) atoms. The van der Waals surface area contributed by atoms with Gasteiger partial charge in [0.1, 0.15) is 5.52 Å². The average Bonchev–Trinajstić information content (AvgIpc) is 2.68. The summed E-state index contributed by atoms with van der Waals surface area (Å²) in [6.07, 6.45) is 2.05. The van der Waals surface area contributed by atoms with E-state index in [2.05, 4.69) is 47.2 Å². The highest BCUT2D eigenvalue weighted by atomic mass is 15.3. The lowest BCUT2D eigenvalue weighted by atomic mass is 10.2. The molecule has 0 spiro atoms. The van der Waals surface area contributed by atoms with Gasteiger partial charge in [-0.15, -0.1) is 0 Å². The van der Waals surface area contributed by atoms with Gasteiger partial charge in [0.25, 0.3) is 0 Å². The fraction of sp³-hybridized carbons (Fsp3) is 0.182. The molecule has 70 valence electrons. The molecule has 0 unspecified atom stereocenters. The number of aryl methyl sites for hydroxylation is 2. The molecule has 3 heteroatoms. The number of benzene rings is 1. The van der Waals surface area contributed by atoms with Crippen LogP contribution < -0.4 is 0 Å². The summed E-state index contributed by atoms with van der Waals surface area (Å²) in [5.41, 5.74) is 3.52. The predicted molar refractivity (Wildman–Crippen MR) is 57.2 cm³/mol. The third kappa shape index (κ3) is 0.789.